The van der Waals surface area contributed by atoms with Crippen LogP contribution in [0.2, 0.25) is 0 Å². The van der Waals surface area contributed by atoms with Crippen LogP contribution in [-0.2, 0) is 12.1 Å². The lowest BCUT2D eigenvalue weighted by atomic mass is 10.0. The molecule has 1 aliphatic carbocycles. The molecular formula is C15H20N4. The van der Waals surface area contributed by atoms with E-state index in [0.29, 0.717) is 6.04 Å². The molecule has 0 amide bonds. The fourth-order valence-corrected chi connectivity index (χ4v) is 2.71. The lowest BCUT2D eigenvalue weighted by Gasteiger charge is -2.23. The van der Waals surface area contributed by atoms with Crippen LogP contribution in [0.4, 0.5) is 0 Å². The summed E-state index contributed by atoms with van der Waals surface area (Å²) in [7, 11) is 0. The van der Waals surface area contributed by atoms with E-state index in [-0.39, 0.29) is 5.54 Å². The highest BCUT2D eigenvalue weighted by molar-refractivity contribution is 5.33. The van der Waals surface area contributed by atoms with Gasteiger partial charge in [-0.3, -0.25) is 4.68 Å². The Balaban J connectivity index is 1.68. The lowest BCUT2D eigenvalue weighted by Crippen LogP contribution is -2.39. The van der Waals surface area contributed by atoms with Crippen molar-refractivity contribution < 1.29 is 0 Å². The van der Waals surface area contributed by atoms with Crippen LogP contribution in [0, 0.1) is 6.92 Å². The Morgan fingerprint density at radius 1 is 1.42 bits per heavy atom. The van der Waals surface area contributed by atoms with Crippen molar-refractivity contribution in [2.45, 2.75) is 44.8 Å². The van der Waals surface area contributed by atoms with Crippen molar-refractivity contribution in [1.29, 1.82) is 0 Å². The molecule has 2 aromatic rings. The average Bonchev–Trinajstić information content (AvgIpc) is 2.97. The van der Waals surface area contributed by atoms with Gasteiger partial charge in [0.2, 0.25) is 0 Å². The van der Waals surface area contributed by atoms with E-state index in [1.54, 1.807) is 12.7 Å². The Hall–Kier alpha value is -1.68. The van der Waals surface area contributed by atoms with E-state index in [9.17, 15) is 0 Å². The quantitative estimate of drug-likeness (QED) is 0.892. The van der Waals surface area contributed by atoms with Crippen LogP contribution in [0.25, 0.3) is 0 Å². The molecule has 0 radical (unpaired) electrons. The van der Waals surface area contributed by atoms with Crippen molar-refractivity contribution in [3.05, 3.63) is 48.0 Å². The van der Waals surface area contributed by atoms with Gasteiger partial charge in [0.1, 0.15) is 12.7 Å². The van der Waals surface area contributed by atoms with Gasteiger partial charge in [-0.25, -0.2) is 4.98 Å². The molecule has 0 bridgehead atoms. The predicted octanol–water partition coefficient (Wildman–Crippen LogP) is 2.25. The Kier molecular flexibility index (Phi) is 3.11. The van der Waals surface area contributed by atoms with E-state index in [1.165, 1.54) is 24.0 Å². The zero-order valence-electron chi connectivity index (χ0n) is 11.5. The minimum Gasteiger partial charge on any atom is -0.303 e. The van der Waals surface area contributed by atoms with E-state index in [4.69, 9.17) is 0 Å². The molecular weight excluding hydrogens is 236 g/mol. The molecule has 100 valence electrons. The molecule has 4 nitrogen and oxygen atoms in total. The smallest absolute Gasteiger partial charge is 0.137 e. The van der Waals surface area contributed by atoms with Gasteiger partial charge in [-0.2, -0.15) is 5.10 Å². The summed E-state index contributed by atoms with van der Waals surface area (Å²) in [4.78, 5) is 3.98. The van der Waals surface area contributed by atoms with Gasteiger partial charge in [-0.1, -0.05) is 29.8 Å². The SMILES string of the molecule is Cc1cccc(C2(N[C@@H](C)Cn3cncn3)CC2)c1. The molecule has 1 aliphatic rings. The topological polar surface area (TPSA) is 42.7 Å². The van der Waals surface area contributed by atoms with Crippen molar-refractivity contribution in [2.75, 3.05) is 0 Å². The molecule has 1 heterocycles. The Morgan fingerprint density at radius 3 is 2.89 bits per heavy atom. The molecule has 4 heteroatoms. The highest BCUT2D eigenvalue weighted by Crippen LogP contribution is 2.46. The van der Waals surface area contributed by atoms with E-state index in [1.807, 2.05) is 4.68 Å². The van der Waals surface area contributed by atoms with E-state index in [2.05, 4.69) is 53.5 Å². The van der Waals surface area contributed by atoms with Crippen LogP contribution in [0.1, 0.15) is 30.9 Å². The van der Waals surface area contributed by atoms with Gasteiger partial charge in [-0.15, -0.1) is 0 Å². The summed E-state index contributed by atoms with van der Waals surface area (Å²) in [6, 6.07) is 9.20. The second-order valence-corrected chi connectivity index (χ2v) is 5.61. The first-order valence-electron chi connectivity index (χ1n) is 6.85. The van der Waals surface area contributed by atoms with Crippen molar-refractivity contribution in [2.24, 2.45) is 0 Å². The highest BCUT2D eigenvalue weighted by Gasteiger charge is 2.44. The van der Waals surface area contributed by atoms with Gasteiger partial charge in [0.25, 0.3) is 0 Å². The van der Waals surface area contributed by atoms with Gasteiger partial charge in [0.15, 0.2) is 0 Å². The molecule has 3 rings (SSSR count). The van der Waals surface area contributed by atoms with Gasteiger partial charge < -0.3 is 5.32 Å². The normalized spacial score (nSPS) is 18.2. The van der Waals surface area contributed by atoms with Crippen LogP contribution >= 0.6 is 0 Å². The first kappa shape index (κ1) is 12.4. The Bertz CT molecular complexity index is 543. The van der Waals surface area contributed by atoms with Crippen molar-refractivity contribution in [3.63, 3.8) is 0 Å². The van der Waals surface area contributed by atoms with E-state index in [0.717, 1.165) is 6.54 Å². The standard InChI is InChI=1S/C15H20N4/c1-12-4-3-5-14(8-12)15(6-7-15)18-13(2)9-19-11-16-10-17-19/h3-5,8,10-11,13,18H,6-7,9H2,1-2H3/t13-/m0/s1. The number of aryl methyl sites for hydroxylation is 1. The molecule has 0 aliphatic heterocycles. The Morgan fingerprint density at radius 2 is 2.26 bits per heavy atom. The van der Waals surface area contributed by atoms with Crippen LogP contribution in [0.15, 0.2) is 36.9 Å². The summed E-state index contributed by atoms with van der Waals surface area (Å²) >= 11 is 0. The van der Waals surface area contributed by atoms with Gasteiger partial charge in [-0.05, 0) is 32.3 Å². The third-order valence-corrected chi connectivity index (χ3v) is 3.77. The summed E-state index contributed by atoms with van der Waals surface area (Å²) in [5.41, 5.74) is 2.93. The maximum Gasteiger partial charge on any atom is 0.137 e. The lowest BCUT2D eigenvalue weighted by molar-refractivity contribution is 0.386. The number of nitrogens with one attached hydrogen (secondary N) is 1. The minimum absolute atomic E-state index is 0.187. The summed E-state index contributed by atoms with van der Waals surface area (Å²) in [6.45, 7) is 5.21. The Labute approximate surface area is 113 Å². The maximum atomic E-state index is 4.16. The summed E-state index contributed by atoms with van der Waals surface area (Å²) in [5.74, 6) is 0. The summed E-state index contributed by atoms with van der Waals surface area (Å²) in [5, 5.41) is 7.92. The van der Waals surface area contributed by atoms with Crippen LogP contribution in [0.3, 0.4) is 0 Å². The van der Waals surface area contributed by atoms with Crippen molar-refractivity contribution in [3.8, 4) is 0 Å². The summed E-state index contributed by atoms with van der Waals surface area (Å²) in [6.07, 6.45) is 5.79. The van der Waals surface area contributed by atoms with Gasteiger partial charge in [0, 0.05) is 11.6 Å². The zero-order valence-corrected chi connectivity index (χ0v) is 11.5. The summed E-state index contributed by atoms with van der Waals surface area (Å²) < 4.78 is 1.88. The molecule has 1 saturated carbocycles. The molecule has 1 fully saturated rings. The second kappa shape index (κ2) is 4.78. The zero-order chi connectivity index (χ0) is 13.3. The average molecular weight is 256 g/mol. The molecule has 1 N–H and O–H groups in total. The third kappa shape index (κ3) is 2.68. The fourth-order valence-electron chi connectivity index (χ4n) is 2.71. The number of aromatic nitrogens is 3. The van der Waals surface area contributed by atoms with E-state index >= 15 is 0 Å². The predicted molar refractivity (Wildman–Crippen MR) is 74.7 cm³/mol. The van der Waals surface area contributed by atoms with Crippen LogP contribution < -0.4 is 5.32 Å². The van der Waals surface area contributed by atoms with E-state index < -0.39 is 0 Å². The molecule has 0 unspecified atom stereocenters. The monoisotopic (exact) mass is 256 g/mol. The minimum atomic E-state index is 0.187. The molecule has 0 saturated heterocycles. The molecule has 1 aromatic heterocycles. The fraction of sp³-hybridized carbons (Fsp3) is 0.467. The first-order chi connectivity index (χ1) is 9.18. The molecule has 1 atom stereocenters. The number of nitrogens with zero attached hydrogens (tertiary/aromatic N) is 3. The highest BCUT2D eigenvalue weighted by atomic mass is 15.3. The molecule has 0 spiro atoms. The number of hydrogen-bond acceptors (Lipinski definition) is 3. The molecule has 19 heavy (non-hydrogen) atoms. The third-order valence-electron chi connectivity index (χ3n) is 3.77. The van der Waals surface area contributed by atoms with Crippen LogP contribution in [-0.4, -0.2) is 20.8 Å². The van der Waals surface area contributed by atoms with Crippen molar-refractivity contribution in [1.82, 2.24) is 20.1 Å². The largest absolute Gasteiger partial charge is 0.303 e. The van der Waals surface area contributed by atoms with Gasteiger partial charge in [0.05, 0.1) is 6.54 Å². The second-order valence-electron chi connectivity index (χ2n) is 5.61. The molecule has 1 aromatic carbocycles. The van der Waals surface area contributed by atoms with Crippen LogP contribution in [0.5, 0.6) is 0 Å². The number of hydrogen-bond donors (Lipinski definition) is 1. The first-order valence-corrected chi connectivity index (χ1v) is 6.85. The van der Waals surface area contributed by atoms with Crippen molar-refractivity contribution >= 4 is 0 Å². The van der Waals surface area contributed by atoms with Gasteiger partial charge >= 0.3 is 0 Å². The number of benzene rings is 1. The maximum absolute atomic E-state index is 4.16. The number of rotatable bonds is 5.